The zero-order chi connectivity index (χ0) is 24.3. The van der Waals surface area contributed by atoms with E-state index in [4.69, 9.17) is 9.47 Å². The summed E-state index contributed by atoms with van der Waals surface area (Å²) in [5, 5.41) is 2.79. The summed E-state index contributed by atoms with van der Waals surface area (Å²) in [6.45, 7) is 2.45. The third-order valence-electron chi connectivity index (χ3n) is 5.75. The summed E-state index contributed by atoms with van der Waals surface area (Å²) >= 11 is 0. The van der Waals surface area contributed by atoms with Crippen molar-refractivity contribution < 1.29 is 27.5 Å². The molecule has 10 nitrogen and oxygen atoms in total. The monoisotopic (exact) mass is 488 g/mol. The highest BCUT2D eigenvalue weighted by atomic mass is 32.2. The Kier molecular flexibility index (Phi) is 7.05. The van der Waals surface area contributed by atoms with E-state index in [2.05, 4.69) is 5.32 Å². The first-order chi connectivity index (χ1) is 16.2. The maximum Gasteiger partial charge on any atom is 0.267 e. The maximum atomic E-state index is 12.9. The van der Waals surface area contributed by atoms with Crippen LogP contribution in [0.15, 0.2) is 53.4 Å². The predicted molar refractivity (Wildman–Crippen MR) is 125 cm³/mol. The summed E-state index contributed by atoms with van der Waals surface area (Å²) in [5.41, 5.74) is 0.520. The topological polar surface area (TPSA) is 108 Å². The van der Waals surface area contributed by atoms with Gasteiger partial charge in [-0.3, -0.25) is 14.5 Å². The van der Waals surface area contributed by atoms with E-state index in [1.165, 1.54) is 26.2 Å². The van der Waals surface area contributed by atoms with Crippen LogP contribution in [0.3, 0.4) is 0 Å². The number of para-hydroxylation sites is 2. The van der Waals surface area contributed by atoms with Gasteiger partial charge in [0, 0.05) is 46.0 Å². The van der Waals surface area contributed by atoms with Crippen molar-refractivity contribution in [2.75, 3.05) is 58.7 Å². The van der Waals surface area contributed by atoms with Crippen molar-refractivity contribution in [3.05, 3.63) is 48.5 Å². The van der Waals surface area contributed by atoms with Crippen molar-refractivity contribution in [3.63, 3.8) is 0 Å². The molecule has 11 heteroatoms. The Morgan fingerprint density at radius 3 is 2.29 bits per heavy atom. The second-order valence-corrected chi connectivity index (χ2v) is 10.5. The fourth-order valence-electron chi connectivity index (χ4n) is 3.80. The molecule has 2 aliphatic heterocycles. The number of carbonyl (C=O) groups is 2. The Morgan fingerprint density at radius 1 is 1.00 bits per heavy atom. The summed E-state index contributed by atoms with van der Waals surface area (Å²) in [5.74, 6) is 0.876. The molecular weight excluding hydrogens is 460 g/mol. The number of carbonyl (C=O) groups excluding carboxylic acids is 2. The molecule has 1 atom stereocenters. The molecule has 1 saturated heterocycles. The molecule has 2 aliphatic rings. The summed E-state index contributed by atoms with van der Waals surface area (Å²) in [4.78, 5) is 29.2. The van der Waals surface area contributed by atoms with Gasteiger partial charge in [-0.25, -0.2) is 12.7 Å². The fourth-order valence-corrected chi connectivity index (χ4v) is 4.70. The van der Waals surface area contributed by atoms with E-state index in [0.717, 1.165) is 4.31 Å². The van der Waals surface area contributed by atoms with E-state index in [1.54, 1.807) is 29.2 Å². The summed E-state index contributed by atoms with van der Waals surface area (Å²) in [7, 11) is -0.585. The van der Waals surface area contributed by atoms with Crippen molar-refractivity contribution in [2.45, 2.75) is 11.0 Å². The smallest absolute Gasteiger partial charge is 0.267 e. The summed E-state index contributed by atoms with van der Waals surface area (Å²) in [6.07, 6.45) is -0.677. The molecule has 2 heterocycles. The molecule has 2 amide bonds. The number of hydrogen-bond donors (Lipinski definition) is 1. The second kappa shape index (κ2) is 10.00. The van der Waals surface area contributed by atoms with Crippen LogP contribution in [-0.2, 0) is 19.6 Å². The first-order valence-corrected chi connectivity index (χ1v) is 12.4. The van der Waals surface area contributed by atoms with Gasteiger partial charge in [-0.2, -0.15) is 0 Å². The number of anilines is 1. The number of nitrogens with zero attached hydrogens (tertiary/aromatic N) is 3. The molecule has 0 aromatic heterocycles. The highest BCUT2D eigenvalue weighted by molar-refractivity contribution is 7.89. The number of hydrogen-bond acceptors (Lipinski definition) is 7. The van der Waals surface area contributed by atoms with Gasteiger partial charge in [-0.15, -0.1) is 0 Å². The van der Waals surface area contributed by atoms with E-state index in [0.29, 0.717) is 43.4 Å². The number of nitrogens with one attached hydrogen (secondary N) is 1. The minimum atomic E-state index is -3.52. The van der Waals surface area contributed by atoms with Gasteiger partial charge in [0.05, 0.1) is 11.4 Å². The lowest BCUT2D eigenvalue weighted by molar-refractivity contribution is -0.143. The third kappa shape index (κ3) is 5.32. The van der Waals surface area contributed by atoms with Crippen LogP contribution in [0.5, 0.6) is 11.5 Å². The van der Waals surface area contributed by atoms with Crippen molar-refractivity contribution in [2.24, 2.45) is 0 Å². The Bertz CT molecular complexity index is 1140. The Balaban J connectivity index is 1.24. The van der Waals surface area contributed by atoms with Crippen LogP contribution in [0.25, 0.3) is 0 Å². The highest BCUT2D eigenvalue weighted by Crippen LogP contribution is 2.31. The number of benzene rings is 2. The van der Waals surface area contributed by atoms with Crippen molar-refractivity contribution in [3.8, 4) is 11.5 Å². The summed E-state index contributed by atoms with van der Waals surface area (Å²) in [6, 6.07) is 13.3. The standard InChI is InChI=1S/C23H28N4O6S/c1-25(2)34(30,31)18-9-7-17(8-10-18)24-22(28)15-26-11-13-27(14-12-26)23(29)21-16-32-19-5-3-4-6-20(19)33-21/h3-10,21H,11-16H2,1-2H3,(H,24,28)/t21-/m1/s1. The molecule has 0 spiro atoms. The molecule has 4 rings (SSSR count). The molecule has 34 heavy (non-hydrogen) atoms. The number of sulfonamides is 1. The predicted octanol–water partition coefficient (Wildman–Crippen LogP) is 0.860. The molecule has 1 fully saturated rings. The van der Waals surface area contributed by atoms with Gasteiger partial charge in [0.2, 0.25) is 22.0 Å². The molecule has 2 aromatic carbocycles. The zero-order valence-electron chi connectivity index (χ0n) is 19.1. The average molecular weight is 489 g/mol. The minimum absolute atomic E-state index is 0.119. The molecule has 0 radical (unpaired) electrons. The molecular formula is C23H28N4O6S. The van der Waals surface area contributed by atoms with Gasteiger partial charge >= 0.3 is 0 Å². The number of fused-ring (bicyclic) bond motifs is 1. The van der Waals surface area contributed by atoms with Gasteiger partial charge in [-0.1, -0.05) is 12.1 Å². The summed E-state index contributed by atoms with van der Waals surface area (Å²) < 4.78 is 36.9. The SMILES string of the molecule is CN(C)S(=O)(=O)c1ccc(NC(=O)CN2CCN(C(=O)[C@H]3COc4ccccc4O3)CC2)cc1. The zero-order valence-corrected chi connectivity index (χ0v) is 20.0. The Labute approximate surface area is 199 Å². The molecule has 0 unspecified atom stereocenters. The van der Waals surface area contributed by atoms with Crippen LogP contribution in [0.1, 0.15) is 0 Å². The van der Waals surface area contributed by atoms with E-state index >= 15 is 0 Å². The lowest BCUT2D eigenvalue weighted by Gasteiger charge is -2.36. The molecule has 0 bridgehead atoms. The quantitative estimate of drug-likeness (QED) is 0.643. The van der Waals surface area contributed by atoms with E-state index < -0.39 is 16.1 Å². The van der Waals surface area contributed by atoms with Crippen molar-refractivity contribution >= 4 is 27.5 Å². The average Bonchev–Trinajstić information content (AvgIpc) is 2.84. The van der Waals surface area contributed by atoms with Gasteiger partial charge in [-0.05, 0) is 36.4 Å². The molecule has 0 aliphatic carbocycles. The fraction of sp³-hybridized carbons (Fsp3) is 0.391. The van der Waals surface area contributed by atoms with Gasteiger partial charge in [0.15, 0.2) is 11.5 Å². The maximum absolute atomic E-state index is 12.9. The van der Waals surface area contributed by atoms with Crippen LogP contribution in [-0.4, -0.2) is 93.9 Å². The van der Waals surface area contributed by atoms with Gasteiger partial charge in [0.1, 0.15) is 6.61 Å². The van der Waals surface area contributed by atoms with Gasteiger partial charge < -0.3 is 19.7 Å². The number of piperazine rings is 1. The van der Waals surface area contributed by atoms with E-state index in [9.17, 15) is 18.0 Å². The van der Waals surface area contributed by atoms with Crippen LogP contribution in [0, 0.1) is 0 Å². The second-order valence-electron chi connectivity index (χ2n) is 8.33. The van der Waals surface area contributed by atoms with Crippen molar-refractivity contribution in [1.29, 1.82) is 0 Å². The largest absolute Gasteiger partial charge is 0.485 e. The lowest BCUT2D eigenvalue weighted by atomic mass is 10.2. The molecule has 2 aromatic rings. The van der Waals surface area contributed by atoms with Crippen LogP contribution < -0.4 is 14.8 Å². The first-order valence-electron chi connectivity index (χ1n) is 11.0. The third-order valence-corrected chi connectivity index (χ3v) is 7.58. The number of ether oxygens (including phenoxy) is 2. The van der Waals surface area contributed by atoms with E-state index in [1.807, 2.05) is 17.0 Å². The van der Waals surface area contributed by atoms with Gasteiger partial charge in [0.25, 0.3) is 5.91 Å². The molecule has 0 saturated carbocycles. The number of amides is 2. The van der Waals surface area contributed by atoms with Crippen LogP contribution >= 0.6 is 0 Å². The highest BCUT2D eigenvalue weighted by Gasteiger charge is 2.33. The van der Waals surface area contributed by atoms with Crippen LogP contribution in [0.4, 0.5) is 5.69 Å². The Morgan fingerprint density at radius 2 is 1.65 bits per heavy atom. The van der Waals surface area contributed by atoms with E-state index in [-0.39, 0.29) is 29.9 Å². The first kappa shape index (κ1) is 24.0. The van der Waals surface area contributed by atoms with Crippen LogP contribution in [0.2, 0.25) is 0 Å². The lowest BCUT2D eigenvalue weighted by Crippen LogP contribution is -2.54. The number of rotatable bonds is 6. The molecule has 182 valence electrons. The van der Waals surface area contributed by atoms with Crippen molar-refractivity contribution in [1.82, 2.24) is 14.1 Å². The normalized spacial score (nSPS) is 18.6. The Hall–Kier alpha value is -3.15. The minimum Gasteiger partial charge on any atom is -0.485 e. The molecule has 1 N–H and O–H groups in total.